The number of aromatic nitrogens is 4. The third-order valence-electron chi connectivity index (χ3n) is 2.61. The number of thioether (sulfide) groups is 1. The van der Waals surface area contributed by atoms with Gasteiger partial charge in [0.05, 0.1) is 6.33 Å². The summed E-state index contributed by atoms with van der Waals surface area (Å²) >= 11 is 7.91. The first-order chi connectivity index (χ1) is 7.36. The van der Waals surface area contributed by atoms with Gasteiger partial charge in [-0.15, -0.1) is 0 Å². The molecule has 78 valence electrons. The van der Waals surface area contributed by atoms with E-state index in [0.29, 0.717) is 16.7 Å². The van der Waals surface area contributed by atoms with Crippen molar-refractivity contribution in [1.82, 2.24) is 19.5 Å². The molecule has 1 aliphatic heterocycles. The van der Waals surface area contributed by atoms with Crippen molar-refractivity contribution in [2.75, 3.05) is 11.5 Å². The van der Waals surface area contributed by atoms with Gasteiger partial charge >= 0.3 is 0 Å². The maximum Gasteiger partial charge on any atom is 0.165 e. The molecule has 2 aromatic heterocycles. The van der Waals surface area contributed by atoms with Crippen LogP contribution in [0.3, 0.4) is 0 Å². The Balaban J connectivity index is 2.15. The summed E-state index contributed by atoms with van der Waals surface area (Å²) in [6.07, 6.45) is 4.49. The molecule has 1 saturated heterocycles. The lowest BCUT2D eigenvalue weighted by atomic mass is 10.2. The Morgan fingerprint density at radius 3 is 3.13 bits per heavy atom. The molecular formula is C9H9ClN4S. The number of fused-ring (bicyclic) bond motifs is 1. The van der Waals surface area contributed by atoms with Crippen molar-refractivity contribution >= 4 is 34.5 Å². The molecule has 0 amide bonds. The lowest BCUT2D eigenvalue weighted by Crippen LogP contribution is -2.06. The van der Waals surface area contributed by atoms with Crippen LogP contribution in [-0.2, 0) is 0 Å². The molecule has 0 N–H and O–H groups in total. The third kappa shape index (κ3) is 1.50. The van der Waals surface area contributed by atoms with E-state index in [0.717, 1.165) is 11.4 Å². The fourth-order valence-electron chi connectivity index (χ4n) is 1.83. The zero-order valence-electron chi connectivity index (χ0n) is 7.93. The molecule has 4 nitrogen and oxygen atoms in total. The zero-order valence-corrected chi connectivity index (χ0v) is 9.50. The van der Waals surface area contributed by atoms with Crippen molar-refractivity contribution < 1.29 is 0 Å². The fraction of sp³-hybridized carbons (Fsp3) is 0.444. The number of hydrogen-bond donors (Lipinski definition) is 0. The summed E-state index contributed by atoms with van der Waals surface area (Å²) in [6.45, 7) is 0. The van der Waals surface area contributed by atoms with Crippen LogP contribution in [0.2, 0.25) is 5.15 Å². The van der Waals surface area contributed by atoms with Crippen LogP contribution < -0.4 is 0 Å². The summed E-state index contributed by atoms with van der Waals surface area (Å²) in [7, 11) is 0. The predicted octanol–water partition coefficient (Wildman–Crippen LogP) is 2.16. The van der Waals surface area contributed by atoms with E-state index in [9.17, 15) is 0 Å². The van der Waals surface area contributed by atoms with E-state index in [-0.39, 0.29) is 0 Å². The lowest BCUT2D eigenvalue weighted by molar-refractivity contribution is 0.571. The van der Waals surface area contributed by atoms with Crippen molar-refractivity contribution in [1.29, 1.82) is 0 Å². The first-order valence-corrected chi connectivity index (χ1v) is 6.30. The summed E-state index contributed by atoms with van der Waals surface area (Å²) in [6, 6.07) is 0.506. The Bertz CT molecular complexity index is 492. The maximum atomic E-state index is 5.94. The van der Waals surface area contributed by atoms with E-state index < -0.39 is 0 Å². The Hall–Kier alpha value is -0.810. The molecule has 1 aliphatic rings. The summed E-state index contributed by atoms with van der Waals surface area (Å²) in [5.41, 5.74) is 1.55. The van der Waals surface area contributed by atoms with Gasteiger partial charge in [0.1, 0.15) is 11.8 Å². The minimum Gasteiger partial charge on any atom is -0.311 e. The second-order valence-electron chi connectivity index (χ2n) is 3.51. The van der Waals surface area contributed by atoms with Crippen molar-refractivity contribution in [3.05, 3.63) is 17.8 Å². The monoisotopic (exact) mass is 240 g/mol. The quantitative estimate of drug-likeness (QED) is 0.717. The average Bonchev–Trinajstić information content (AvgIpc) is 2.85. The molecule has 0 radical (unpaired) electrons. The van der Waals surface area contributed by atoms with Crippen LogP contribution in [0.4, 0.5) is 0 Å². The highest BCUT2D eigenvalue weighted by molar-refractivity contribution is 7.99. The topological polar surface area (TPSA) is 43.6 Å². The van der Waals surface area contributed by atoms with Gasteiger partial charge in [-0.05, 0) is 12.2 Å². The predicted molar refractivity (Wildman–Crippen MR) is 61.3 cm³/mol. The van der Waals surface area contributed by atoms with Gasteiger partial charge in [-0.1, -0.05) is 11.6 Å². The number of halogens is 1. The molecule has 1 fully saturated rings. The second-order valence-corrected chi connectivity index (χ2v) is 5.01. The summed E-state index contributed by atoms with van der Waals surface area (Å²) in [5.74, 6) is 2.34. The Kier molecular flexibility index (Phi) is 2.29. The van der Waals surface area contributed by atoms with Crippen LogP contribution in [0.25, 0.3) is 11.2 Å². The van der Waals surface area contributed by atoms with Crippen LogP contribution in [0, 0.1) is 0 Å². The molecule has 15 heavy (non-hydrogen) atoms. The fourth-order valence-corrected chi connectivity index (χ4v) is 3.21. The van der Waals surface area contributed by atoms with Crippen LogP contribution in [0.15, 0.2) is 12.7 Å². The van der Waals surface area contributed by atoms with E-state index in [1.54, 1.807) is 0 Å². The lowest BCUT2D eigenvalue weighted by Gasteiger charge is -2.09. The van der Waals surface area contributed by atoms with Crippen LogP contribution >= 0.6 is 23.4 Å². The highest BCUT2D eigenvalue weighted by Crippen LogP contribution is 2.30. The Labute approximate surface area is 96.1 Å². The smallest absolute Gasteiger partial charge is 0.165 e. The summed E-state index contributed by atoms with van der Waals surface area (Å²) < 4.78 is 2.11. The zero-order chi connectivity index (χ0) is 10.3. The van der Waals surface area contributed by atoms with E-state index >= 15 is 0 Å². The van der Waals surface area contributed by atoms with Crippen molar-refractivity contribution in [3.8, 4) is 0 Å². The molecular weight excluding hydrogens is 232 g/mol. The molecule has 6 heteroatoms. The average molecular weight is 241 g/mol. The van der Waals surface area contributed by atoms with Gasteiger partial charge in [-0.2, -0.15) is 11.8 Å². The maximum absolute atomic E-state index is 5.94. The standard InChI is InChI=1S/C9H9ClN4S/c10-8-7-9(12-4-11-8)14(5-13-7)6-1-2-15-3-6/h4-6H,1-3H2. The highest BCUT2D eigenvalue weighted by Gasteiger charge is 2.20. The molecule has 0 aliphatic carbocycles. The molecule has 1 unspecified atom stereocenters. The number of imidazole rings is 1. The molecule has 0 bridgehead atoms. The summed E-state index contributed by atoms with van der Waals surface area (Å²) in [5, 5.41) is 0.435. The van der Waals surface area contributed by atoms with E-state index in [1.807, 2.05) is 18.1 Å². The van der Waals surface area contributed by atoms with Gasteiger partial charge in [-0.25, -0.2) is 15.0 Å². The van der Waals surface area contributed by atoms with Gasteiger partial charge < -0.3 is 4.57 Å². The van der Waals surface area contributed by atoms with Crippen LogP contribution in [0.1, 0.15) is 12.5 Å². The van der Waals surface area contributed by atoms with Crippen molar-refractivity contribution in [2.45, 2.75) is 12.5 Å². The van der Waals surface area contributed by atoms with E-state index in [2.05, 4.69) is 19.5 Å². The molecule has 2 aromatic rings. The Morgan fingerprint density at radius 2 is 2.33 bits per heavy atom. The van der Waals surface area contributed by atoms with Gasteiger partial charge in [0.2, 0.25) is 0 Å². The number of nitrogens with zero attached hydrogens (tertiary/aromatic N) is 4. The largest absolute Gasteiger partial charge is 0.311 e. The van der Waals surface area contributed by atoms with Crippen LogP contribution in [-0.4, -0.2) is 31.0 Å². The SMILES string of the molecule is Clc1ncnc2c1ncn2C1CCSC1. The third-order valence-corrected chi connectivity index (χ3v) is 4.03. The minimum atomic E-state index is 0.435. The van der Waals surface area contributed by atoms with Gasteiger partial charge in [0.25, 0.3) is 0 Å². The summed E-state index contributed by atoms with van der Waals surface area (Å²) in [4.78, 5) is 12.4. The first kappa shape index (κ1) is 9.42. The van der Waals surface area contributed by atoms with Gasteiger partial charge in [-0.3, -0.25) is 0 Å². The number of rotatable bonds is 1. The molecule has 3 heterocycles. The second kappa shape index (κ2) is 3.64. The highest BCUT2D eigenvalue weighted by atomic mass is 35.5. The van der Waals surface area contributed by atoms with Gasteiger partial charge in [0, 0.05) is 11.8 Å². The van der Waals surface area contributed by atoms with E-state index in [1.165, 1.54) is 18.5 Å². The molecule has 0 aromatic carbocycles. The van der Waals surface area contributed by atoms with Crippen LogP contribution in [0.5, 0.6) is 0 Å². The van der Waals surface area contributed by atoms with Crippen molar-refractivity contribution in [3.63, 3.8) is 0 Å². The van der Waals surface area contributed by atoms with E-state index in [4.69, 9.17) is 11.6 Å². The normalized spacial score (nSPS) is 21.3. The van der Waals surface area contributed by atoms with Gasteiger partial charge in [0.15, 0.2) is 10.8 Å². The first-order valence-electron chi connectivity index (χ1n) is 4.77. The molecule has 0 saturated carbocycles. The molecule has 3 rings (SSSR count). The number of hydrogen-bond acceptors (Lipinski definition) is 4. The molecule has 1 atom stereocenters. The minimum absolute atomic E-state index is 0.435. The molecule has 0 spiro atoms. The Morgan fingerprint density at radius 1 is 1.40 bits per heavy atom. The van der Waals surface area contributed by atoms with Crippen molar-refractivity contribution in [2.24, 2.45) is 0 Å².